The summed E-state index contributed by atoms with van der Waals surface area (Å²) in [6.45, 7) is 1.65. The number of fused-ring (bicyclic) bond motifs is 6. The molecule has 6 rings (SSSR count). The molecule has 2 N–H and O–H groups in total. The van der Waals surface area contributed by atoms with Crippen molar-refractivity contribution < 1.29 is 29.2 Å². The van der Waals surface area contributed by atoms with Crippen molar-refractivity contribution in [1.29, 1.82) is 0 Å². The van der Waals surface area contributed by atoms with Gasteiger partial charge in [0.15, 0.2) is 17.1 Å². The van der Waals surface area contributed by atoms with Gasteiger partial charge in [-0.25, -0.2) is 9.78 Å². The number of aliphatic hydroxyl groups excluding tert-OH is 1. The van der Waals surface area contributed by atoms with Crippen LogP contribution in [0, 0.1) is 0 Å². The average Bonchev–Trinajstić information content (AvgIpc) is 3.37. The molecule has 0 saturated heterocycles. The molecule has 1 atom stereocenters. The lowest BCUT2D eigenvalue weighted by atomic mass is 9.89. The predicted octanol–water partition coefficient (Wildman–Crippen LogP) is 1.34. The first kappa shape index (κ1) is 19.3. The van der Waals surface area contributed by atoms with Crippen LogP contribution in [0.3, 0.4) is 0 Å². The van der Waals surface area contributed by atoms with E-state index in [1.165, 1.54) is 6.92 Å². The van der Waals surface area contributed by atoms with Crippen molar-refractivity contribution in [2.75, 3.05) is 13.4 Å². The molecule has 0 aliphatic carbocycles. The van der Waals surface area contributed by atoms with Gasteiger partial charge in [0.05, 0.1) is 29.0 Å². The number of ether oxygens (including phenoxy) is 3. The van der Waals surface area contributed by atoms with Crippen LogP contribution < -0.4 is 15.0 Å². The summed E-state index contributed by atoms with van der Waals surface area (Å²) >= 11 is 0. The van der Waals surface area contributed by atoms with Gasteiger partial charge in [-0.3, -0.25) is 4.79 Å². The molecule has 0 saturated carbocycles. The maximum atomic E-state index is 13.3. The third-order valence-corrected chi connectivity index (χ3v) is 6.51. The molecule has 9 heteroatoms. The predicted molar refractivity (Wildman–Crippen MR) is 111 cm³/mol. The standard InChI is InChI=1S/C23H20N2O7/c1-23(29)15-6-17-20-13(8-25(17)21(27)14(15)9-30-22(23)28)11(3-2-4-26)12-5-18-19(32-10-31-18)7-16(12)24-20/h5-7,26,29H,2-4,8-10H2,1H3/t23-/m0/s1. The monoisotopic (exact) mass is 436 g/mol. The fraction of sp³-hybridized carbons (Fsp3) is 0.348. The Morgan fingerprint density at radius 1 is 1.12 bits per heavy atom. The van der Waals surface area contributed by atoms with Crippen LogP contribution >= 0.6 is 0 Å². The number of aryl methyl sites for hydroxylation is 1. The normalized spacial score (nSPS) is 20.2. The largest absolute Gasteiger partial charge is 0.458 e. The van der Waals surface area contributed by atoms with E-state index in [1.54, 1.807) is 10.6 Å². The molecule has 32 heavy (non-hydrogen) atoms. The van der Waals surface area contributed by atoms with Gasteiger partial charge in [0.2, 0.25) is 6.79 Å². The summed E-state index contributed by atoms with van der Waals surface area (Å²) in [7, 11) is 0. The summed E-state index contributed by atoms with van der Waals surface area (Å²) in [4.78, 5) is 30.3. The van der Waals surface area contributed by atoms with Crippen LogP contribution in [-0.2, 0) is 34.7 Å². The van der Waals surface area contributed by atoms with Gasteiger partial charge in [0, 0.05) is 29.2 Å². The zero-order valence-corrected chi connectivity index (χ0v) is 17.3. The van der Waals surface area contributed by atoms with E-state index in [2.05, 4.69) is 0 Å². The highest BCUT2D eigenvalue weighted by Crippen LogP contribution is 2.42. The maximum absolute atomic E-state index is 13.3. The Morgan fingerprint density at radius 2 is 1.91 bits per heavy atom. The highest BCUT2D eigenvalue weighted by molar-refractivity contribution is 5.91. The summed E-state index contributed by atoms with van der Waals surface area (Å²) in [6.07, 6.45) is 1.15. The van der Waals surface area contributed by atoms with Gasteiger partial charge in [-0.05, 0) is 37.5 Å². The van der Waals surface area contributed by atoms with E-state index in [1.807, 2.05) is 12.1 Å². The highest BCUT2D eigenvalue weighted by atomic mass is 16.7. The Morgan fingerprint density at radius 3 is 2.69 bits per heavy atom. The van der Waals surface area contributed by atoms with Crippen LogP contribution in [0.25, 0.3) is 22.3 Å². The number of carbonyl (C=O) groups excluding carboxylic acids is 1. The van der Waals surface area contributed by atoms with E-state index in [0.29, 0.717) is 47.8 Å². The minimum Gasteiger partial charge on any atom is -0.458 e. The molecular formula is C23H20N2O7. The molecule has 9 nitrogen and oxygen atoms in total. The number of nitrogens with zero attached hydrogens (tertiary/aromatic N) is 2. The van der Waals surface area contributed by atoms with E-state index in [-0.39, 0.29) is 36.7 Å². The third-order valence-electron chi connectivity index (χ3n) is 6.51. The summed E-state index contributed by atoms with van der Waals surface area (Å²) in [5.74, 6) is 0.458. The van der Waals surface area contributed by atoms with Crippen LogP contribution in [0.5, 0.6) is 11.5 Å². The maximum Gasteiger partial charge on any atom is 0.342 e. The zero-order chi connectivity index (χ0) is 22.2. The Bertz CT molecular complexity index is 1390. The van der Waals surface area contributed by atoms with E-state index >= 15 is 0 Å². The molecule has 2 aromatic heterocycles. The van der Waals surface area contributed by atoms with E-state index in [0.717, 1.165) is 16.5 Å². The molecule has 0 spiro atoms. The minimum absolute atomic E-state index is 0.0344. The van der Waals surface area contributed by atoms with Gasteiger partial charge in [-0.15, -0.1) is 0 Å². The van der Waals surface area contributed by atoms with E-state index in [9.17, 15) is 19.8 Å². The third kappa shape index (κ3) is 2.49. The lowest BCUT2D eigenvalue weighted by molar-refractivity contribution is -0.169. The van der Waals surface area contributed by atoms with Crippen molar-refractivity contribution in [2.24, 2.45) is 0 Å². The Labute approximate surface area is 181 Å². The number of carbonyl (C=O) groups is 1. The Hall–Kier alpha value is -3.43. The number of rotatable bonds is 3. The van der Waals surface area contributed by atoms with Gasteiger partial charge in [-0.2, -0.15) is 0 Å². The number of pyridine rings is 2. The molecule has 5 heterocycles. The van der Waals surface area contributed by atoms with Gasteiger partial charge < -0.3 is 29.0 Å². The quantitative estimate of drug-likeness (QED) is 0.462. The average molecular weight is 436 g/mol. The number of aliphatic hydroxyl groups is 2. The summed E-state index contributed by atoms with van der Waals surface area (Å²) < 4.78 is 17.7. The second-order valence-electron chi connectivity index (χ2n) is 8.43. The van der Waals surface area contributed by atoms with Gasteiger partial charge >= 0.3 is 5.97 Å². The van der Waals surface area contributed by atoms with Crippen LogP contribution in [0.15, 0.2) is 23.0 Å². The second kappa shape index (κ2) is 6.54. The molecule has 3 aliphatic rings. The topological polar surface area (TPSA) is 120 Å². The molecule has 0 amide bonds. The number of benzene rings is 1. The molecule has 3 aromatic rings. The van der Waals surface area contributed by atoms with Gasteiger partial charge in [-0.1, -0.05) is 0 Å². The smallest absolute Gasteiger partial charge is 0.342 e. The number of aromatic nitrogens is 2. The Balaban J connectivity index is 1.63. The highest BCUT2D eigenvalue weighted by Gasteiger charge is 2.43. The van der Waals surface area contributed by atoms with Gasteiger partial charge in [0.25, 0.3) is 5.56 Å². The van der Waals surface area contributed by atoms with Crippen molar-refractivity contribution >= 4 is 16.9 Å². The van der Waals surface area contributed by atoms with Crippen molar-refractivity contribution in [1.82, 2.24) is 9.55 Å². The molecule has 0 bridgehead atoms. The molecule has 1 aromatic carbocycles. The zero-order valence-electron chi connectivity index (χ0n) is 17.3. The minimum atomic E-state index is -1.91. The second-order valence-corrected chi connectivity index (χ2v) is 8.43. The number of hydrogen-bond acceptors (Lipinski definition) is 8. The number of hydrogen-bond donors (Lipinski definition) is 2. The molecule has 0 unspecified atom stereocenters. The van der Waals surface area contributed by atoms with Crippen LogP contribution in [0.1, 0.15) is 35.6 Å². The van der Waals surface area contributed by atoms with Crippen molar-refractivity contribution in [3.63, 3.8) is 0 Å². The van der Waals surface area contributed by atoms with Crippen LogP contribution in [0.2, 0.25) is 0 Å². The fourth-order valence-corrected chi connectivity index (χ4v) is 4.85. The fourth-order valence-electron chi connectivity index (χ4n) is 4.85. The first-order valence-electron chi connectivity index (χ1n) is 10.4. The summed E-state index contributed by atoms with van der Waals surface area (Å²) in [5, 5.41) is 21.1. The molecular weight excluding hydrogens is 416 g/mol. The lowest BCUT2D eigenvalue weighted by Crippen LogP contribution is -2.42. The first-order chi connectivity index (χ1) is 15.4. The molecule has 3 aliphatic heterocycles. The van der Waals surface area contributed by atoms with Crippen molar-refractivity contribution in [2.45, 2.75) is 38.5 Å². The first-order valence-corrected chi connectivity index (χ1v) is 10.4. The summed E-state index contributed by atoms with van der Waals surface area (Å²) in [5.41, 5.74) is 2.03. The van der Waals surface area contributed by atoms with Crippen molar-refractivity contribution in [3.8, 4) is 22.9 Å². The summed E-state index contributed by atoms with van der Waals surface area (Å²) in [6, 6.07) is 5.38. The Kier molecular flexibility index (Phi) is 3.94. The SMILES string of the molecule is C[C@@]1(O)C(=O)OCc2c1cc1n(c2=O)Cc2c-1nc1cc3c(cc1c2CCCO)OCO3. The van der Waals surface area contributed by atoms with E-state index < -0.39 is 11.6 Å². The van der Waals surface area contributed by atoms with E-state index in [4.69, 9.17) is 19.2 Å². The van der Waals surface area contributed by atoms with Crippen molar-refractivity contribution in [3.05, 3.63) is 50.8 Å². The molecule has 164 valence electrons. The van der Waals surface area contributed by atoms with Gasteiger partial charge in [0.1, 0.15) is 6.61 Å². The molecule has 0 fully saturated rings. The van der Waals surface area contributed by atoms with Crippen LogP contribution in [-0.4, -0.2) is 39.1 Å². The molecule has 0 radical (unpaired) electrons. The lowest BCUT2D eigenvalue weighted by Gasteiger charge is -2.29. The number of esters is 1. The van der Waals surface area contributed by atoms with Crippen LogP contribution in [0.4, 0.5) is 0 Å². The number of cyclic esters (lactones) is 1.